The first-order valence-electron chi connectivity index (χ1n) is 5.34. The number of benzene rings is 1. The molecule has 1 aromatic carbocycles. The van der Waals surface area contributed by atoms with Gasteiger partial charge in [0.25, 0.3) is 0 Å². The Hall–Kier alpha value is -1.82. The van der Waals surface area contributed by atoms with E-state index in [2.05, 4.69) is 10.8 Å². The lowest BCUT2D eigenvalue weighted by Crippen LogP contribution is -2.05. The van der Waals surface area contributed by atoms with Crippen molar-refractivity contribution in [2.45, 2.75) is 25.2 Å². The lowest BCUT2D eigenvalue weighted by atomic mass is 9.99. The molecule has 0 N–H and O–H groups in total. The van der Waals surface area contributed by atoms with Crippen LogP contribution in [-0.2, 0) is 16.0 Å². The van der Waals surface area contributed by atoms with E-state index in [1.165, 1.54) is 7.11 Å². The summed E-state index contributed by atoms with van der Waals surface area (Å²) in [5.41, 5.74) is 2.74. The van der Waals surface area contributed by atoms with E-state index in [1.807, 2.05) is 12.1 Å². The second kappa shape index (κ2) is 4.36. The first-order valence-corrected chi connectivity index (χ1v) is 5.34. The van der Waals surface area contributed by atoms with Crippen LogP contribution in [0.5, 0.6) is 0 Å². The predicted octanol–water partition coefficient (Wildman–Crippen LogP) is 2.15. The van der Waals surface area contributed by atoms with Gasteiger partial charge in [0.1, 0.15) is 0 Å². The smallest absolute Gasteiger partial charge is 0.309 e. The molecule has 0 bridgehead atoms. The SMILES string of the molecule is COC(=O)Cc1ccc(C#N)c(C2CC2)c1. The van der Waals surface area contributed by atoms with E-state index in [-0.39, 0.29) is 12.4 Å². The number of hydrogen-bond acceptors (Lipinski definition) is 3. The largest absolute Gasteiger partial charge is 0.469 e. The van der Waals surface area contributed by atoms with E-state index >= 15 is 0 Å². The summed E-state index contributed by atoms with van der Waals surface area (Å²) in [5.74, 6) is 0.277. The molecule has 16 heavy (non-hydrogen) atoms. The summed E-state index contributed by atoms with van der Waals surface area (Å²) in [5, 5.41) is 8.97. The average Bonchev–Trinajstić information content (AvgIpc) is 3.12. The number of nitrogens with zero attached hydrogens (tertiary/aromatic N) is 1. The van der Waals surface area contributed by atoms with Gasteiger partial charge in [-0.2, -0.15) is 5.26 Å². The zero-order valence-corrected chi connectivity index (χ0v) is 9.19. The number of carbonyl (C=O) groups excluding carboxylic acids is 1. The molecule has 0 atom stereocenters. The van der Waals surface area contributed by atoms with Crippen molar-refractivity contribution in [1.82, 2.24) is 0 Å². The van der Waals surface area contributed by atoms with Gasteiger partial charge in [-0.15, -0.1) is 0 Å². The molecule has 1 aliphatic carbocycles. The van der Waals surface area contributed by atoms with Crippen molar-refractivity contribution in [3.05, 3.63) is 34.9 Å². The second-order valence-electron chi connectivity index (χ2n) is 4.06. The van der Waals surface area contributed by atoms with E-state index < -0.39 is 0 Å². The molecular weight excluding hydrogens is 202 g/mol. The number of esters is 1. The van der Waals surface area contributed by atoms with Gasteiger partial charge in [0.2, 0.25) is 0 Å². The zero-order chi connectivity index (χ0) is 11.5. The Kier molecular flexibility index (Phi) is 2.91. The van der Waals surface area contributed by atoms with Gasteiger partial charge in [0.05, 0.1) is 25.2 Å². The highest BCUT2D eigenvalue weighted by Crippen LogP contribution is 2.41. The number of hydrogen-bond donors (Lipinski definition) is 0. The van der Waals surface area contributed by atoms with Crippen molar-refractivity contribution < 1.29 is 9.53 Å². The third-order valence-electron chi connectivity index (χ3n) is 2.83. The fourth-order valence-corrected chi connectivity index (χ4v) is 1.79. The van der Waals surface area contributed by atoms with Crippen molar-refractivity contribution >= 4 is 5.97 Å². The second-order valence-corrected chi connectivity index (χ2v) is 4.06. The molecule has 2 rings (SSSR count). The van der Waals surface area contributed by atoms with Crippen LogP contribution < -0.4 is 0 Å². The van der Waals surface area contributed by atoms with Crippen LogP contribution in [0.4, 0.5) is 0 Å². The van der Waals surface area contributed by atoms with Crippen molar-refractivity contribution in [3.8, 4) is 6.07 Å². The minimum atomic E-state index is -0.244. The Bertz CT molecular complexity index is 455. The molecule has 1 saturated carbocycles. The van der Waals surface area contributed by atoms with Gasteiger partial charge in [0, 0.05) is 0 Å². The number of rotatable bonds is 3. The lowest BCUT2D eigenvalue weighted by molar-refractivity contribution is -0.139. The molecule has 1 fully saturated rings. The molecule has 0 aromatic heterocycles. The van der Waals surface area contributed by atoms with Crippen molar-refractivity contribution in [1.29, 1.82) is 5.26 Å². The predicted molar refractivity (Wildman–Crippen MR) is 58.9 cm³/mol. The quantitative estimate of drug-likeness (QED) is 0.726. The van der Waals surface area contributed by atoms with Crippen LogP contribution in [0.25, 0.3) is 0 Å². The third kappa shape index (κ3) is 2.22. The molecule has 1 aromatic rings. The van der Waals surface area contributed by atoms with Gasteiger partial charge < -0.3 is 4.74 Å². The van der Waals surface area contributed by atoms with Gasteiger partial charge in [-0.05, 0) is 36.0 Å². The molecule has 0 radical (unpaired) electrons. The standard InChI is InChI=1S/C13H13NO2/c1-16-13(15)7-9-2-3-11(8-14)12(6-9)10-4-5-10/h2-3,6,10H,4-5,7H2,1H3. The fourth-order valence-electron chi connectivity index (χ4n) is 1.79. The molecule has 1 aliphatic rings. The van der Waals surface area contributed by atoms with Gasteiger partial charge in [-0.25, -0.2) is 0 Å². The van der Waals surface area contributed by atoms with Crippen LogP contribution in [0.2, 0.25) is 0 Å². The average molecular weight is 215 g/mol. The van der Waals surface area contributed by atoms with Gasteiger partial charge in [0.15, 0.2) is 0 Å². The van der Waals surface area contributed by atoms with E-state index in [0.29, 0.717) is 5.92 Å². The Balaban J connectivity index is 2.25. The number of nitriles is 1. The molecule has 3 heteroatoms. The van der Waals surface area contributed by atoms with Gasteiger partial charge in [-0.1, -0.05) is 12.1 Å². The summed E-state index contributed by atoms with van der Waals surface area (Å²) in [4.78, 5) is 11.1. The van der Waals surface area contributed by atoms with Crippen molar-refractivity contribution in [2.75, 3.05) is 7.11 Å². The Morgan fingerprint density at radius 1 is 1.56 bits per heavy atom. The maximum atomic E-state index is 11.1. The third-order valence-corrected chi connectivity index (χ3v) is 2.83. The molecule has 0 amide bonds. The normalized spacial score (nSPS) is 14.2. The maximum Gasteiger partial charge on any atom is 0.309 e. The summed E-state index contributed by atoms with van der Waals surface area (Å²) < 4.78 is 4.62. The van der Waals surface area contributed by atoms with E-state index in [4.69, 9.17) is 5.26 Å². The maximum absolute atomic E-state index is 11.1. The van der Waals surface area contributed by atoms with Crippen LogP contribution in [-0.4, -0.2) is 13.1 Å². The van der Waals surface area contributed by atoms with Gasteiger partial charge >= 0.3 is 5.97 Å². The summed E-state index contributed by atoms with van der Waals surface area (Å²) in [6, 6.07) is 7.78. The fraction of sp³-hybridized carbons (Fsp3) is 0.385. The first kappa shape index (κ1) is 10.7. The molecule has 0 aliphatic heterocycles. The topological polar surface area (TPSA) is 50.1 Å². The van der Waals surface area contributed by atoms with Crippen molar-refractivity contribution in [2.24, 2.45) is 0 Å². The summed E-state index contributed by atoms with van der Waals surface area (Å²) >= 11 is 0. The molecule has 0 spiro atoms. The lowest BCUT2D eigenvalue weighted by Gasteiger charge is -2.05. The summed E-state index contributed by atoms with van der Waals surface area (Å²) in [6.45, 7) is 0. The number of carbonyl (C=O) groups is 1. The molecule has 0 unspecified atom stereocenters. The van der Waals surface area contributed by atoms with Crippen LogP contribution in [0.15, 0.2) is 18.2 Å². The summed E-state index contributed by atoms with van der Waals surface area (Å²) in [7, 11) is 1.38. The number of methoxy groups -OCH3 is 1. The first-order chi connectivity index (χ1) is 7.74. The molecule has 0 heterocycles. The van der Waals surface area contributed by atoms with Crippen molar-refractivity contribution in [3.63, 3.8) is 0 Å². The van der Waals surface area contributed by atoms with E-state index in [0.717, 1.165) is 29.5 Å². The van der Waals surface area contributed by atoms with E-state index in [9.17, 15) is 4.79 Å². The molecule has 0 saturated heterocycles. The Morgan fingerprint density at radius 3 is 2.88 bits per heavy atom. The molecule has 3 nitrogen and oxygen atoms in total. The minimum absolute atomic E-state index is 0.244. The summed E-state index contributed by atoms with van der Waals surface area (Å²) in [6.07, 6.45) is 2.58. The van der Waals surface area contributed by atoms with Crippen LogP contribution in [0.1, 0.15) is 35.4 Å². The van der Waals surface area contributed by atoms with Gasteiger partial charge in [-0.3, -0.25) is 4.79 Å². The molecule has 82 valence electrons. The van der Waals surface area contributed by atoms with E-state index in [1.54, 1.807) is 6.07 Å². The highest BCUT2D eigenvalue weighted by molar-refractivity contribution is 5.72. The van der Waals surface area contributed by atoms with Crippen LogP contribution in [0, 0.1) is 11.3 Å². The van der Waals surface area contributed by atoms with Crippen LogP contribution in [0.3, 0.4) is 0 Å². The Morgan fingerprint density at radius 2 is 2.31 bits per heavy atom. The molecular formula is C13H13NO2. The Labute approximate surface area is 94.6 Å². The van der Waals surface area contributed by atoms with Crippen LogP contribution >= 0.6 is 0 Å². The zero-order valence-electron chi connectivity index (χ0n) is 9.19. The minimum Gasteiger partial charge on any atom is -0.469 e. The highest BCUT2D eigenvalue weighted by atomic mass is 16.5. The number of ether oxygens (including phenoxy) is 1. The monoisotopic (exact) mass is 215 g/mol. The highest BCUT2D eigenvalue weighted by Gasteiger charge is 2.26.